The highest BCUT2D eigenvalue weighted by atomic mass is 16.6. The molecule has 0 bridgehead atoms. The number of allylic oxidation sites excluding steroid dienone is 3. The average molecular weight is 316 g/mol. The number of benzene rings is 1. The van der Waals surface area contributed by atoms with E-state index in [-0.39, 0.29) is 17.7 Å². The van der Waals surface area contributed by atoms with Crippen LogP contribution in [-0.2, 0) is 9.53 Å². The Kier molecular flexibility index (Phi) is 4.83. The maximum Gasteiger partial charge on any atom is 0.336 e. The van der Waals surface area contributed by atoms with E-state index in [2.05, 4.69) is 5.32 Å². The number of nitro benzene ring substituents is 1. The molecule has 1 unspecified atom stereocenters. The van der Waals surface area contributed by atoms with Crippen LogP contribution in [0.5, 0.6) is 0 Å². The third kappa shape index (κ3) is 3.77. The zero-order valence-electron chi connectivity index (χ0n) is 13.6. The largest absolute Gasteiger partial charge is 0.460 e. The van der Waals surface area contributed by atoms with Crippen molar-refractivity contribution in [2.24, 2.45) is 0 Å². The summed E-state index contributed by atoms with van der Waals surface area (Å²) in [6, 6.07) is 6.33. The Morgan fingerprint density at radius 2 is 2.04 bits per heavy atom. The molecule has 1 N–H and O–H groups in total. The number of nitrogens with one attached hydrogen (secondary N) is 1. The second kappa shape index (κ2) is 6.64. The van der Waals surface area contributed by atoms with Gasteiger partial charge in [0.05, 0.1) is 16.6 Å². The molecule has 0 radical (unpaired) electrons. The van der Waals surface area contributed by atoms with E-state index >= 15 is 0 Å². The number of rotatable bonds is 4. The van der Waals surface area contributed by atoms with E-state index in [1.165, 1.54) is 12.1 Å². The minimum absolute atomic E-state index is 0.00122. The highest BCUT2D eigenvalue weighted by Crippen LogP contribution is 2.34. The van der Waals surface area contributed by atoms with E-state index in [0.29, 0.717) is 16.8 Å². The topological polar surface area (TPSA) is 81.5 Å². The van der Waals surface area contributed by atoms with Gasteiger partial charge in [-0.2, -0.15) is 0 Å². The lowest BCUT2D eigenvalue weighted by Crippen LogP contribution is -2.27. The molecule has 6 nitrogen and oxygen atoms in total. The fraction of sp³-hybridized carbons (Fsp3) is 0.353. The molecule has 23 heavy (non-hydrogen) atoms. The minimum Gasteiger partial charge on any atom is -0.460 e. The number of carbonyl (C=O) groups is 1. The first-order valence-electron chi connectivity index (χ1n) is 7.41. The quantitative estimate of drug-likeness (QED) is 0.523. The first-order valence-corrected chi connectivity index (χ1v) is 7.41. The third-order valence-corrected chi connectivity index (χ3v) is 3.52. The molecule has 0 saturated carbocycles. The normalized spacial score (nSPS) is 17.6. The highest BCUT2D eigenvalue weighted by molar-refractivity contribution is 5.92. The number of hydrogen-bond acceptors (Lipinski definition) is 5. The maximum absolute atomic E-state index is 12.4. The smallest absolute Gasteiger partial charge is 0.336 e. The lowest BCUT2D eigenvalue weighted by Gasteiger charge is -2.26. The van der Waals surface area contributed by atoms with Crippen molar-refractivity contribution in [3.63, 3.8) is 0 Å². The van der Waals surface area contributed by atoms with Gasteiger partial charge in [-0.25, -0.2) is 4.79 Å². The molecule has 1 atom stereocenters. The molecule has 1 aliphatic heterocycles. The Morgan fingerprint density at radius 1 is 1.35 bits per heavy atom. The predicted octanol–water partition coefficient (Wildman–Crippen LogP) is 3.41. The van der Waals surface area contributed by atoms with Crippen molar-refractivity contribution in [3.05, 3.63) is 63.0 Å². The molecule has 0 aliphatic carbocycles. The molecule has 122 valence electrons. The SMILES string of the molecule is CC1=CC(c2cccc([N+](=O)[O-])c2)C(C(=O)OC(C)C)=C(C)N1. The molecule has 1 aromatic carbocycles. The summed E-state index contributed by atoms with van der Waals surface area (Å²) in [7, 11) is 0. The molecule has 1 aromatic rings. The van der Waals surface area contributed by atoms with Gasteiger partial charge < -0.3 is 10.1 Å². The van der Waals surface area contributed by atoms with Crippen molar-refractivity contribution in [3.8, 4) is 0 Å². The molecule has 0 spiro atoms. The van der Waals surface area contributed by atoms with Crippen molar-refractivity contribution < 1.29 is 14.5 Å². The molecule has 6 heteroatoms. The Morgan fingerprint density at radius 3 is 2.65 bits per heavy atom. The number of hydrogen-bond donors (Lipinski definition) is 1. The van der Waals surface area contributed by atoms with Gasteiger partial charge in [0, 0.05) is 29.4 Å². The standard InChI is InChI=1S/C17H20N2O4/c1-10(2)23-17(20)16-12(4)18-11(3)8-15(16)13-6-5-7-14(9-13)19(21)22/h5-10,15,18H,1-4H3. The van der Waals surface area contributed by atoms with Crippen molar-refractivity contribution in [1.29, 1.82) is 0 Å². The van der Waals surface area contributed by atoms with Gasteiger partial charge in [0.1, 0.15) is 0 Å². The van der Waals surface area contributed by atoms with Crippen LogP contribution in [0, 0.1) is 10.1 Å². The monoisotopic (exact) mass is 316 g/mol. The van der Waals surface area contributed by atoms with Crippen LogP contribution < -0.4 is 5.32 Å². The van der Waals surface area contributed by atoms with Crippen LogP contribution in [0.1, 0.15) is 39.2 Å². The Bertz CT molecular complexity index is 704. The van der Waals surface area contributed by atoms with Gasteiger partial charge in [-0.3, -0.25) is 10.1 Å². The number of esters is 1. The molecular weight excluding hydrogens is 296 g/mol. The van der Waals surface area contributed by atoms with E-state index < -0.39 is 10.9 Å². The molecular formula is C17H20N2O4. The number of ether oxygens (including phenoxy) is 1. The lowest BCUT2D eigenvalue weighted by molar-refractivity contribution is -0.384. The summed E-state index contributed by atoms with van der Waals surface area (Å²) in [5.74, 6) is -0.785. The van der Waals surface area contributed by atoms with E-state index in [1.807, 2.05) is 13.0 Å². The number of nitrogens with zero attached hydrogens (tertiary/aromatic N) is 1. The Hall–Kier alpha value is -2.63. The third-order valence-electron chi connectivity index (χ3n) is 3.52. The summed E-state index contributed by atoms with van der Waals surface area (Å²) in [5.41, 5.74) is 2.76. The van der Waals surface area contributed by atoms with Gasteiger partial charge in [-0.15, -0.1) is 0 Å². The van der Waals surface area contributed by atoms with Crippen LogP contribution in [-0.4, -0.2) is 17.0 Å². The van der Waals surface area contributed by atoms with Gasteiger partial charge >= 0.3 is 5.97 Å². The van der Waals surface area contributed by atoms with Crippen molar-refractivity contribution in [1.82, 2.24) is 5.32 Å². The first kappa shape index (κ1) is 16.7. The maximum atomic E-state index is 12.4. The fourth-order valence-electron chi connectivity index (χ4n) is 2.62. The van der Waals surface area contributed by atoms with Crippen molar-refractivity contribution >= 4 is 11.7 Å². The van der Waals surface area contributed by atoms with Crippen LogP contribution in [0.4, 0.5) is 5.69 Å². The number of carbonyl (C=O) groups excluding carboxylic acids is 1. The molecule has 1 aliphatic rings. The number of nitro groups is 1. The van der Waals surface area contributed by atoms with Gasteiger partial charge in [-0.05, 0) is 33.3 Å². The van der Waals surface area contributed by atoms with Crippen molar-refractivity contribution in [2.75, 3.05) is 0 Å². The molecule has 0 aromatic heterocycles. The van der Waals surface area contributed by atoms with Crippen LogP contribution in [0.3, 0.4) is 0 Å². The second-order valence-corrected chi connectivity index (χ2v) is 5.80. The zero-order valence-corrected chi connectivity index (χ0v) is 13.6. The molecule has 2 rings (SSSR count). The highest BCUT2D eigenvalue weighted by Gasteiger charge is 2.29. The number of dihydropyridines is 1. The predicted molar refractivity (Wildman–Crippen MR) is 86.7 cm³/mol. The molecule has 1 heterocycles. The van der Waals surface area contributed by atoms with Crippen LogP contribution in [0.2, 0.25) is 0 Å². The van der Waals surface area contributed by atoms with E-state index in [4.69, 9.17) is 4.74 Å². The first-order chi connectivity index (χ1) is 10.8. The van der Waals surface area contributed by atoms with E-state index in [9.17, 15) is 14.9 Å². The molecule has 0 amide bonds. The molecule has 0 saturated heterocycles. The summed E-state index contributed by atoms with van der Waals surface area (Å²) >= 11 is 0. The molecule has 0 fully saturated rings. The summed E-state index contributed by atoms with van der Waals surface area (Å²) in [6.45, 7) is 7.26. The van der Waals surface area contributed by atoms with Gasteiger partial charge in [-0.1, -0.05) is 18.2 Å². The fourth-order valence-corrected chi connectivity index (χ4v) is 2.62. The van der Waals surface area contributed by atoms with Crippen molar-refractivity contribution in [2.45, 2.75) is 39.7 Å². The summed E-state index contributed by atoms with van der Waals surface area (Å²) < 4.78 is 5.32. The minimum atomic E-state index is -0.441. The van der Waals surface area contributed by atoms with Crippen LogP contribution >= 0.6 is 0 Å². The average Bonchev–Trinajstić information content (AvgIpc) is 2.45. The van der Waals surface area contributed by atoms with Gasteiger partial charge in [0.2, 0.25) is 0 Å². The summed E-state index contributed by atoms with van der Waals surface area (Å²) in [4.78, 5) is 23.0. The van der Waals surface area contributed by atoms with Gasteiger partial charge in [0.15, 0.2) is 0 Å². The zero-order chi connectivity index (χ0) is 17.1. The van der Waals surface area contributed by atoms with E-state index in [0.717, 1.165) is 5.70 Å². The Labute approximate surface area is 135 Å². The van der Waals surface area contributed by atoms with Crippen LogP contribution in [0.15, 0.2) is 47.3 Å². The lowest BCUT2D eigenvalue weighted by atomic mass is 9.86. The van der Waals surface area contributed by atoms with Gasteiger partial charge in [0.25, 0.3) is 5.69 Å². The summed E-state index contributed by atoms with van der Waals surface area (Å²) in [6.07, 6.45) is 1.64. The number of non-ortho nitro benzene ring substituents is 1. The van der Waals surface area contributed by atoms with Crippen LogP contribution in [0.25, 0.3) is 0 Å². The Balaban J connectivity index is 2.47. The second-order valence-electron chi connectivity index (χ2n) is 5.80. The van der Waals surface area contributed by atoms with E-state index in [1.54, 1.807) is 32.9 Å². The summed E-state index contributed by atoms with van der Waals surface area (Å²) in [5, 5.41) is 14.1.